The number of hydrogen-bond donors (Lipinski definition) is 1. The first-order chi connectivity index (χ1) is 15.3. The third-order valence-corrected chi connectivity index (χ3v) is 6.84. The average molecular weight is 473 g/mol. The minimum absolute atomic E-state index is 0.116. The van der Waals surface area contributed by atoms with Gasteiger partial charge in [-0.25, -0.2) is 14.2 Å². The summed E-state index contributed by atoms with van der Waals surface area (Å²) in [7, 11) is 0. The molecular formula is C22H17FN2O5S2. The maximum atomic E-state index is 13.6. The van der Waals surface area contributed by atoms with Gasteiger partial charge in [-0.15, -0.1) is 11.3 Å². The van der Waals surface area contributed by atoms with E-state index in [4.69, 9.17) is 4.74 Å². The lowest BCUT2D eigenvalue weighted by molar-refractivity contribution is -0.117. The van der Waals surface area contributed by atoms with E-state index in [1.807, 2.05) is 0 Å². The van der Waals surface area contributed by atoms with Gasteiger partial charge in [0.2, 0.25) is 5.78 Å². The number of amides is 1. The molecule has 2 aromatic heterocycles. The van der Waals surface area contributed by atoms with Crippen molar-refractivity contribution >= 4 is 45.5 Å². The Morgan fingerprint density at radius 2 is 1.97 bits per heavy atom. The van der Waals surface area contributed by atoms with Crippen LogP contribution in [0.15, 0.2) is 53.1 Å². The summed E-state index contributed by atoms with van der Waals surface area (Å²) >= 11 is 2.10. The molecule has 32 heavy (non-hydrogen) atoms. The molecule has 10 heteroatoms. The first-order valence-electron chi connectivity index (χ1n) is 9.58. The van der Waals surface area contributed by atoms with Gasteiger partial charge in [-0.2, -0.15) is 0 Å². The molecule has 0 spiro atoms. The number of esters is 1. The highest BCUT2D eigenvalue weighted by molar-refractivity contribution is 7.17. The number of thiazole rings is 1. The van der Waals surface area contributed by atoms with E-state index in [-0.39, 0.29) is 22.2 Å². The molecule has 164 valence electrons. The number of halogens is 1. The second-order valence-electron chi connectivity index (χ2n) is 6.83. The van der Waals surface area contributed by atoms with Crippen LogP contribution in [0.4, 0.5) is 9.52 Å². The molecule has 3 heterocycles. The van der Waals surface area contributed by atoms with Gasteiger partial charge in [-0.05, 0) is 43.0 Å². The van der Waals surface area contributed by atoms with Crippen molar-refractivity contribution in [3.8, 4) is 0 Å². The Morgan fingerprint density at radius 3 is 2.59 bits per heavy atom. The van der Waals surface area contributed by atoms with Gasteiger partial charge in [0.05, 0.1) is 28.8 Å². The third kappa shape index (κ3) is 3.71. The fraction of sp³-hybridized carbons (Fsp3) is 0.182. The van der Waals surface area contributed by atoms with Crippen LogP contribution in [0.25, 0.3) is 0 Å². The van der Waals surface area contributed by atoms with E-state index in [0.29, 0.717) is 16.1 Å². The SMILES string of the molecule is CCOC(=O)c1sc(N2C(=O)C(O)=C(C(=O)c3cccs3)C2c2ccc(F)cc2)nc1C. The van der Waals surface area contributed by atoms with Crippen molar-refractivity contribution in [3.63, 3.8) is 0 Å². The predicted octanol–water partition coefficient (Wildman–Crippen LogP) is 4.61. The molecule has 1 aromatic carbocycles. The molecule has 1 unspecified atom stereocenters. The Labute approximate surface area is 190 Å². The van der Waals surface area contributed by atoms with E-state index in [9.17, 15) is 23.9 Å². The molecule has 7 nitrogen and oxygen atoms in total. The number of aromatic nitrogens is 1. The summed E-state index contributed by atoms with van der Waals surface area (Å²) < 4.78 is 18.6. The first kappa shape index (κ1) is 21.8. The quantitative estimate of drug-likeness (QED) is 0.416. The number of Topliss-reactive ketones (excluding diaryl/α,β-unsaturated/α-hetero) is 1. The zero-order chi connectivity index (χ0) is 23.0. The van der Waals surface area contributed by atoms with Crippen molar-refractivity contribution in [1.82, 2.24) is 4.98 Å². The Kier molecular flexibility index (Phi) is 5.90. The lowest BCUT2D eigenvalue weighted by Gasteiger charge is -2.24. The topological polar surface area (TPSA) is 96.8 Å². The second kappa shape index (κ2) is 8.64. The molecule has 1 N–H and O–H groups in total. The molecule has 0 fully saturated rings. The summed E-state index contributed by atoms with van der Waals surface area (Å²) in [4.78, 5) is 44.6. The van der Waals surface area contributed by atoms with Gasteiger partial charge < -0.3 is 9.84 Å². The van der Waals surface area contributed by atoms with E-state index < -0.39 is 35.3 Å². The van der Waals surface area contributed by atoms with Gasteiger partial charge in [0.25, 0.3) is 5.91 Å². The molecule has 1 aliphatic rings. The number of anilines is 1. The van der Waals surface area contributed by atoms with E-state index in [2.05, 4.69) is 4.98 Å². The summed E-state index contributed by atoms with van der Waals surface area (Å²) in [6.45, 7) is 3.45. The number of aryl methyl sites for hydroxylation is 1. The number of rotatable bonds is 6. The van der Waals surface area contributed by atoms with Crippen molar-refractivity contribution in [2.45, 2.75) is 19.9 Å². The molecule has 0 radical (unpaired) electrons. The Bertz CT molecular complexity index is 1230. The average Bonchev–Trinajstić information content (AvgIpc) is 3.48. The molecule has 1 atom stereocenters. The number of ketones is 1. The number of hydrogen-bond acceptors (Lipinski definition) is 8. The molecule has 0 aliphatic carbocycles. The van der Waals surface area contributed by atoms with Gasteiger partial charge in [-0.3, -0.25) is 14.5 Å². The fourth-order valence-corrected chi connectivity index (χ4v) is 5.07. The van der Waals surface area contributed by atoms with Gasteiger partial charge in [0.15, 0.2) is 10.9 Å². The molecule has 1 amide bonds. The van der Waals surface area contributed by atoms with Crippen molar-refractivity contribution < 1.29 is 28.6 Å². The lowest BCUT2D eigenvalue weighted by Crippen LogP contribution is -2.31. The molecule has 0 saturated carbocycles. The Balaban J connectivity index is 1.84. The highest BCUT2D eigenvalue weighted by Crippen LogP contribution is 2.44. The van der Waals surface area contributed by atoms with Crippen molar-refractivity contribution in [2.75, 3.05) is 11.5 Å². The van der Waals surface area contributed by atoms with Gasteiger partial charge in [0.1, 0.15) is 10.7 Å². The number of carbonyl (C=O) groups is 3. The summed E-state index contributed by atoms with van der Waals surface area (Å²) in [6, 6.07) is 7.52. The zero-order valence-corrected chi connectivity index (χ0v) is 18.6. The fourth-order valence-electron chi connectivity index (χ4n) is 3.41. The van der Waals surface area contributed by atoms with Crippen LogP contribution in [-0.2, 0) is 9.53 Å². The van der Waals surface area contributed by atoms with Crippen LogP contribution >= 0.6 is 22.7 Å². The molecule has 3 aromatic rings. The van der Waals surface area contributed by atoms with Crippen molar-refractivity contribution in [2.24, 2.45) is 0 Å². The lowest BCUT2D eigenvalue weighted by atomic mass is 9.95. The highest BCUT2D eigenvalue weighted by atomic mass is 32.1. The predicted molar refractivity (Wildman–Crippen MR) is 118 cm³/mol. The van der Waals surface area contributed by atoms with Gasteiger partial charge >= 0.3 is 5.97 Å². The minimum Gasteiger partial charge on any atom is -0.503 e. The van der Waals surface area contributed by atoms with Crippen LogP contribution in [0, 0.1) is 12.7 Å². The number of nitrogens with zero attached hydrogens (tertiary/aromatic N) is 2. The largest absolute Gasteiger partial charge is 0.503 e. The normalized spacial score (nSPS) is 16.0. The standard InChI is InChI=1S/C22H17FN2O5S2/c1-3-30-21(29)19-11(2)24-22(32-19)25-16(12-6-8-13(23)9-7-12)15(18(27)20(25)28)17(26)14-5-4-10-31-14/h4-10,16,27H,3H2,1-2H3. The maximum absolute atomic E-state index is 13.6. The van der Waals surface area contributed by atoms with Crippen LogP contribution in [0.5, 0.6) is 0 Å². The van der Waals surface area contributed by atoms with Crippen LogP contribution < -0.4 is 4.90 Å². The maximum Gasteiger partial charge on any atom is 0.350 e. The number of aliphatic hydroxyl groups is 1. The van der Waals surface area contributed by atoms with Crippen molar-refractivity contribution in [1.29, 1.82) is 0 Å². The number of thiophene rings is 1. The van der Waals surface area contributed by atoms with Gasteiger partial charge in [-0.1, -0.05) is 29.5 Å². The van der Waals surface area contributed by atoms with E-state index in [1.54, 1.807) is 31.4 Å². The number of benzene rings is 1. The smallest absolute Gasteiger partial charge is 0.350 e. The van der Waals surface area contributed by atoms with E-state index >= 15 is 0 Å². The molecule has 4 rings (SSSR count). The summed E-state index contributed by atoms with van der Waals surface area (Å²) in [5.74, 6) is -3.11. The number of aliphatic hydroxyl groups excluding tert-OH is 1. The molecule has 0 saturated heterocycles. The van der Waals surface area contributed by atoms with Crippen LogP contribution in [0.2, 0.25) is 0 Å². The third-order valence-electron chi connectivity index (χ3n) is 4.84. The minimum atomic E-state index is -1.04. The Morgan fingerprint density at radius 1 is 1.25 bits per heavy atom. The number of ether oxygens (including phenoxy) is 1. The van der Waals surface area contributed by atoms with Crippen molar-refractivity contribution in [3.05, 3.63) is 79.9 Å². The Hall–Kier alpha value is -3.37. The zero-order valence-electron chi connectivity index (χ0n) is 17.0. The molecule has 0 bridgehead atoms. The highest BCUT2D eigenvalue weighted by Gasteiger charge is 2.46. The second-order valence-corrected chi connectivity index (χ2v) is 8.75. The first-order valence-corrected chi connectivity index (χ1v) is 11.3. The van der Waals surface area contributed by atoms with Gasteiger partial charge in [0, 0.05) is 0 Å². The molecular weight excluding hydrogens is 455 g/mol. The summed E-state index contributed by atoms with van der Waals surface area (Å²) in [5.41, 5.74) is 0.635. The monoisotopic (exact) mass is 472 g/mol. The summed E-state index contributed by atoms with van der Waals surface area (Å²) in [6.07, 6.45) is 0. The summed E-state index contributed by atoms with van der Waals surface area (Å²) in [5, 5.41) is 12.5. The molecule has 1 aliphatic heterocycles. The van der Waals surface area contributed by atoms with Crippen LogP contribution in [0.3, 0.4) is 0 Å². The van der Waals surface area contributed by atoms with Crippen LogP contribution in [-0.4, -0.2) is 34.4 Å². The number of carbonyl (C=O) groups excluding carboxylic acids is 3. The van der Waals surface area contributed by atoms with Crippen LogP contribution in [0.1, 0.15) is 43.6 Å². The van der Waals surface area contributed by atoms with E-state index in [1.165, 1.54) is 35.6 Å². The van der Waals surface area contributed by atoms with E-state index in [0.717, 1.165) is 16.2 Å².